The van der Waals surface area contributed by atoms with E-state index < -0.39 is 0 Å². The van der Waals surface area contributed by atoms with Crippen LogP contribution in [0.2, 0.25) is 5.02 Å². The fraction of sp³-hybridized carbons (Fsp3) is 0.647. The van der Waals surface area contributed by atoms with Crippen molar-refractivity contribution in [1.29, 1.82) is 0 Å². The fourth-order valence-electron chi connectivity index (χ4n) is 2.41. The van der Waals surface area contributed by atoms with Crippen LogP contribution in [-0.2, 0) is 0 Å². The molecule has 1 rings (SSSR count). The van der Waals surface area contributed by atoms with Crippen LogP contribution in [0.5, 0.6) is 0 Å². The highest BCUT2D eigenvalue weighted by molar-refractivity contribution is 6.31. The first-order valence-electron chi connectivity index (χ1n) is 7.89. The predicted molar refractivity (Wildman–Crippen MR) is 87.1 cm³/mol. The Morgan fingerprint density at radius 2 is 1.65 bits per heavy atom. The number of nitrogens with one attached hydrogen (secondary N) is 1. The molecule has 0 aromatic heterocycles. The second-order valence-electron chi connectivity index (χ2n) is 5.43. The summed E-state index contributed by atoms with van der Waals surface area (Å²) in [5.41, 5.74) is 0.537. The molecule has 0 amide bonds. The van der Waals surface area contributed by atoms with Gasteiger partial charge in [-0.25, -0.2) is 4.39 Å². The molecule has 0 unspecified atom stereocenters. The minimum Gasteiger partial charge on any atom is -0.380 e. The maximum absolute atomic E-state index is 13.9. The first kappa shape index (κ1) is 17.3. The Bertz CT molecular complexity index is 371. The molecule has 0 saturated heterocycles. The Balaban J connectivity index is 2.59. The predicted octanol–water partition coefficient (Wildman–Crippen LogP) is 6.42. The Hall–Kier alpha value is -0.760. The molecule has 3 heteroatoms. The van der Waals surface area contributed by atoms with Crippen molar-refractivity contribution in [2.75, 3.05) is 5.32 Å². The van der Waals surface area contributed by atoms with E-state index in [2.05, 4.69) is 19.2 Å². The second-order valence-corrected chi connectivity index (χ2v) is 5.84. The van der Waals surface area contributed by atoms with Crippen LogP contribution >= 0.6 is 11.6 Å². The molecule has 0 spiro atoms. The Morgan fingerprint density at radius 3 is 2.20 bits per heavy atom. The topological polar surface area (TPSA) is 12.0 Å². The zero-order valence-corrected chi connectivity index (χ0v) is 13.5. The van der Waals surface area contributed by atoms with Gasteiger partial charge in [-0.3, -0.25) is 0 Å². The number of benzene rings is 1. The number of anilines is 1. The van der Waals surface area contributed by atoms with Gasteiger partial charge in [0.2, 0.25) is 0 Å². The molecule has 114 valence electrons. The van der Waals surface area contributed by atoms with Crippen molar-refractivity contribution in [3.8, 4) is 0 Å². The molecule has 1 aromatic rings. The zero-order chi connectivity index (χ0) is 14.8. The van der Waals surface area contributed by atoms with Crippen molar-refractivity contribution in [3.05, 3.63) is 29.0 Å². The quantitative estimate of drug-likeness (QED) is 0.491. The molecule has 1 N–H and O–H groups in total. The first-order valence-corrected chi connectivity index (χ1v) is 8.27. The molecule has 0 radical (unpaired) electrons. The Morgan fingerprint density at radius 1 is 1.05 bits per heavy atom. The molecule has 1 nitrogen and oxygen atoms in total. The van der Waals surface area contributed by atoms with Gasteiger partial charge in [-0.15, -0.1) is 0 Å². The fourth-order valence-corrected chi connectivity index (χ4v) is 2.58. The van der Waals surface area contributed by atoms with Gasteiger partial charge < -0.3 is 5.32 Å². The summed E-state index contributed by atoms with van der Waals surface area (Å²) in [6.45, 7) is 4.41. The van der Waals surface area contributed by atoms with E-state index in [0.29, 0.717) is 11.7 Å². The number of unbranched alkanes of at least 4 members (excludes halogenated alkanes) is 4. The summed E-state index contributed by atoms with van der Waals surface area (Å²) >= 11 is 5.84. The van der Waals surface area contributed by atoms with E-state index in [-0.39, 0.29) is 10.8 Å². The monoisotopic (exact) mass is 299 g/mol. The van der Waals surface area contributed by atoms with E-state index in [1.165, 1.54) is 38.5 Å². The lowest BCUT2D eigenvalue weighted by Gasteiger charge is -2.20. The molecule has 0 heterocycles. The number of hydrogen-bond acceptors (Lipinski definition) is 1. The summed E-state index contributed by atoms with van der Waals surface area (Å²) in [6, 6.07) is 5.50. The molecule has 1 aromatic carbocycles. The van der Waals surface area contributed by atoms with Crippen molar-refractivity contribution in [2.24, 2.45) is 0 Å². The van der Waals surface area contributed by atoms with E-state index >= 15 is 0 Å². The standard InChI is InChI=1S/C17H27ClFN/c1-3-5-7-10-14(11-8-6-4-2)20-16-13-9-12-15(18)17(16)19/h9,12-14,20H,3-8,10-11H2,1-2H3. The molecule has 0 atom stereocenters. The highest BCUT2D eigenvalue weighted by Crippen LogP contribution is 2.24. The van der Waals surface area contributed by atoms with Crippen LogP contribution in [0.15, 0.2) is 18.2 Å². The molecule has 0 fully saturated rings. The van der Waals surface area contributed by atoms with Crippen LogP contribution in [-0.4, -0.2) is 6.04 Å². The van der Waals surface area contributed by atoms with Gasteiger partial charge >= 0.3 is 0 Å². The van der Waals surface area contributed by atoms with Crippen molar-refractivity contribution >= 4 is 17.3 Å². The van der Waals surface area contributed by atoms with Crippen LogP contribution in [0.1, 0.15) is 65.2 Å². The molecule has 0 saturated carbocycles. The third kappa shape index (κ3) is 6.13. The van der Waals surface area contributed by atoms with E-state index in [4.69, 9.17) is 11.6 Å². The SMILES string of the molecule is CCCCCC(CCCCC)Nc1cccc(Cl)c1F. The van der Waals surface area contributed by atoms with Crippen LogP contribution in [0, 0.1) is 5.82 Å². The van der Waals surface area contributed by atoms with Crippen molar-refractivity contribution in [1.82, 2.24) is 0 Å². The van der Waals surface area contributed by atoms with E-state index in [9.17, 15) is 4.39 Å². The lowest BCUT2D eigenvalue weighted by Crippen LogP contribution is -2.20. The van der Waals surface area contributed by atoms with Crippen LogP contribution in [0.3, 0.4) is 0 Å². The number of halogens is 2. The first-order chi connectivity index (χ1) is 9.69. The summed E-state index contributed by atoms with van der Waals surface area (Å²) in [6.07, 6.45) is 9.51. The van der Waals surface area contributed by atoms with Crippen molar-refractivity contribution in [3.63, 3.8) is 0 Å². The number of rotatable bonds is 10. The summed E-state index contributed by atoms with van der Waals surface area (Å²) in [7, 11) is 0. The molecule has 20 heavy (non-hydrogen) atoms. The van der Waals surface area contributed by atoms with E-state index in [1.807, 2.05) is 0 Å². The van der Waals surface area contributed by atoms with Gasteiger partial charge in [0.15, 0.2) is 5.82 Å². The summed E-state index contributed by atoms with van der Waals surface area (Å²) in [5.74, 6) is -0.329. The highest BCUT2D eigenvalue weighted by Gasteiger charge is 2.12. The molecule has 0 aliphatic rings. The lowest BCUT2D eigenvalue weighted by molar-refractivity contribution is 0.522. The van der Waals surface area contributed by atoms with Crippen LogP contribution in [0.4, 0.5) is 10.1 Å². The normalized spacial score (nSPS) is 11.1. The Labute approximate surface area is 127 Å². The average molecular weight is 300 g/mol. The highest BCUT2D eigenvalue weighted by atomic mass is 35.5. The molecule has 0 aliphatic carbocycles. The molecular weight excluding hydrogens is 273 g/mol. The molecular formula is C17H27ClFN. The van der Waals surface area contributed by atoms with Gasteiger partial charge in [-0.2, -0.15) is 0 Å². The summed E-state index contributed by atoms with van der Waals surface area (Å²) < 4.78 is 13.9. The van der Waals surface area contributed by atoms with E-state index in [1.54, 1.807) is 18.2 Å². The van der Waals surface area contributed by atoms with E-state index in [0.717, 1.165) is 12.8 Å². The third-order valence-corrected chi connectivity index (χ3v) is 3.92. The van der Waals surface area contributed by atoms with Gasteiger partial charge in [0.05, 0.1) is 10.7 Å². The number of hydrogen-bond donors (Lipinski definition) is 1. The second kappa shape index (κ2) is 10.0. The summed E-state index contributed by atoms with van der Waals surface area (Å²) in [5, 5.41) is 3.54. The van der Waals surface area contributed by atoms with Gasteiger partial charge in [0.1, 0.15) is 0 Å². The minimum atomic E-state index is -0.329. The van der Waals surface area contributed by atoms with Crippen molar-refractivity contribution < 1.29 is 4.39 Å². The molecule has 0 aliphatic heterocycles. The van der Waals surface area contributed by atoms with Gasteiger partial charge in [-0.05, 0) is 25.0 Å². The average Bonchev–Trinajstić information content (AvgIpc) is 2.44. The zero-order valence-electron chi connectivity index (χ0n) is 12.7. The maximum Gasteiger partial charge on any atom is 0.164 e. The molecule has 0 bridgehead atoms. The lowest BCUT2D eigenvalue weighted by atomic mass is 10.0. The largest absolute Gasteiger partial charge is 0.380 e. The van der Waals surface area contributed by atoms with Gasteiger partial charge in [0, 0.05) is 6.04 Å². The van der Waals surface area contributed by atoms with Crippen LogP contribution in [0.25, 0.3) is 0 Å². The summed E-state index contributed by atoms with van der Waals surface area (Å²) in [4.78, 5) is 0. The minimum absolute atomic E-state index is 0.191. The Kier molecular flexibility index (Phi) is 8.68. The van der Waals surface area contributed by atoms with Gasteiger partial charge in [-0.1, -0.05) is 70.0 Å². The smallest absolute Gasteiger partial charge is 0.164 e. The van der Waals surface area contributed by atoms with Crippen LogP contribution < -0.4 is 5.32 Å². The maximum atomic E-state index is 13.9. The van der Waals surface area contributed by atoms with Crippen molar-refractivity contribution in [2.45, 2.75) is 71.3 Å². The van der Waals surface area contributed by atoms with Gasteiger partial charge in [0.25, 0.3) is 0 Å². The third-order valence-electron chi connectivity index (χ3n) is 3.62.